The normalized spacial score (nSPS) is 20.3. The van der Waals surface area contributed by atoms with Gasteiger partial charge in [0.1, 0.15) is 0 Å². The summed E-state index contributed by atoms with van der Waals surface area (Å²) in [5.74, 6) is 5.71. The number of nitrogens with two attached hydrogens (primary N) is 1. The molecule has 0 aromatic carbocycles. The molecule has 1 aromatic rings. The van der Waals surface area contributed by atoms with Crippen LogP contribution in [-0.2, 0) is 0 Å². The molecule has 1 aliphatic rings. The highest BCUT2D eigenvalue weighted by Gasteiger charge is 2.46. The van der Waals surface area contributed by atoms with Gasteiger partial charge in [0.05, 0.1) is 17.0 Å². The van der Waals surface area contributed by atoms with Crippen molar-refractivity contribution in [1.29, 1.82) is 0 Å². The van der Waals surface area contributed by atoms with E-state index in [0.717, 1.165) is 11.3 Å². The van der Waals surface area contributed by atoms with E-state index >= 15 is 0 Å². The molecule has 3 nitrogen and oxygen atoms in total. The Morgan fingerprint density at radius 1 is 1.71 bits per heavy atom. The molecule has 1 atom stereocenters. The molecule has 2 rings (SSSR count). The van der Waals surface area contributed by atoms with Gasteiger partial charge in [0.2, 0.25) is 0 Å². The first kappa shape index (κ1) is 12.2. The summed E-state index contributed by atoms with van der Waals surface area (Å²) in [6.07, 6.45) is 1.06. The first-order chi connectivity index (χ1) is 8.03. The maximum absolute atomic E-state index is 11.9. The minimum absolute atomic E-state index is 0.00220. The molecule has 3 N–H and O–H groups in total. The SMILES string of the molecule is CC1(C)CC1NC(=O)c1csc(C#CCN)c1. The van der Waals surface area contributed by atoms with Crippen molar-refractivity contribution < 1.29 is 4.79 Å². The molecular weight excluding hydrogens is 232 g/mol. The fourth-order valence-corrected chi connectivity index (χ4v) is 2.37. The molecule has 0 bridgehead atoms. The molecule has 1 fully saturated rings. The molecule has 0 saturated heterocycles. The summed E-state index contributed by atoms with van der Waals surface area (Å²) >= 11 is 1.48. The first-order valence-corrected chi connectivity index (χ1v) is 6.49. The highest BCUT2D eigenvalue weighted by atomic mass is 32.1. The highest BCUT2D eigenvalue weighted by Crippen LogP contribution is 2.44. The van der Waals surface area contributed by atoms with E-state index in [2.05, 4.69) is 31.0 Å². The van der Waals surface area contributed by atoms with Gasteiger partial charge in [0, 0.05) is 11.4 Å². The minimum Gasteiger partial charge on any atom is -0.349 e. The van der Waals surface area contributed by atoms with Gasteiger partial charge < -0.3 is 11.1 Å². The standard InChI is InChI=1S/C13H16N2OS/c1-13(2)7-11(13)15-12(16)9-6-10(17-8-9)4-3-5-14/h6,8,11H,5,7,14H2,1-2H3,(H,15,16). The molecule has 1 aromatic heterocycles. The van der Waals surface area contributed by atoms with Crippen LogP contribution in [0.3, 0.4) is 0 Å². The number of hydrogen-bond donors (Lipinski definition) is 2. The fourth-order valence-electron chi connectivity index (χ4n) is 1.61. The molecule has 0 aliphatic heterocycles. The second-order valence-electron chi connectivity index (χ2n) is 4.92. The summed E-state index contributed by atoms with van der Waals surface area (Å²) in [6.45, 7) is 4.66. The lowest BCUT2D eigenvalue weighted by molar-refractivity contribution is 0.0947. The number of hydrogen-bond acceptors (Lipinski definition) is 3. The van der Waals surface area contributed by atoms with Crippen LogP contribution in [-0.4, -0.2) is 18.5 Å². The maximum Gasteiger partial charge on any atom is 0.252 e. The predicted molar refractivity (Wildman–Crippen MR) is 69.9 cm³/mol. The summed E-state index contributed by atoms with van der Waals surface area (Å²) in [7, 11) is 0. The van der Waals surface area contributed by atoms with E-state index in [0.29, 0.717) is 18.2 Å². The largest absolute Gasteiger partial charge is 0.349 e. The van der Waals surface area contributed by atoms with Crippen molar-refractivity contribution in [1.82, 2.24) is 5.32 Å². The van der Waals surface area contributed by atoms with Crippen LogP contribution in [0.1, 0.15) is 35.5 Å². The second-order valence-corrected chi connectivity index (χ2v) is 5.84. The van der Waals surface area contributed by atoms with E-state index in [1.807, 2.05) is 11.4 Å². The number of carbonyl (C=O) groups is 1. The summed E-state index contributed by atoms with van der Waals surface area (Å²) in [4.78, 5) is 12.8. The Kier molecular flexibility index (Phi) is 3.23. The van der Waals surface area contributed by atoms with E-state index in [1.165, 1.54) is 11.3 Å². The van der Waals surface area contributed by atoms with Crippen molar-refractivity contribution in [2.75, 3.05) is 6.54 Å². The number of thiophene rings is 1. The molecule has 0 radical (unpaired) electrons. The van der Waals surface area contributed by atoms with Crippen LogP contribution < -0.4 is 11.1 Å². The molecule has 1 aliphatic carbocycles. The quantitative estimate of drug-likeness (QED) is 0.781. The smallest absolute Gasteiger partial charge is 0.252 e. The molecule has 17 heavy (non-hydrogen) atoms. The molecular formula is C13H16N2OS. The third-order valence-corrected chi connectivity index (χ3v) is 3.84. The van der Waals surface area contributed by atoms with Crippen LogP contribution in [0, 0.1) is 17.3 Å². The zero-order chi connectivity index (χ0) is 12.5. The van der Waals surface area contributed by atoms with Crippen molar-refractivity contribution in [3.63, 3.8) is 0 Å². The van der Waals surface area contributed by atoms with Gasteiger partial charge in [-0.3, -0.25) is 4.79 Å². The van der Waals surface area contributed by atoms with Crippen LogP contribution in [0.15, 0.2) is 11.4 Å². The topological polar surface area (TPSA) is 55.1 Å². The van der Waals surface area contributed by atoms with E-state index < -0.39 is 0 Å². The van der Waals surface area contributed by atoms with Crippen molar-refractivity contribution in [2.24, 2.45) is 11.1 Å². The average Bonchev–Trinajstić information content (AvgIpc) is 2.71. The number of carbonyl (C=O) groups excluding carboxylic acids is 1. The van der Waals surface area contributed by atoms with Gasteiger partial charge >= 0.3 is 0 Å². The zero-order valence-corrected chi connectivity index (χ0v) is 10.9. The van der Waals surface area contributed by atoms with Crippen LogP contribution in [0.5, 0.6) is 0 Å². The Labute approximate surface area is 105 Å². The molecule has 1 saturated carbocycles. The van der Waals surface area contributed by atoms with Crippen LogP contribution in [0.4, 0.5) is 0 Å². The van der Waals surface area contributed by atoms with E-state index in [4.69, 9.17) is 5.73 Å². The summed E-state index contributed by atoms with van der Waals surface area (Å²) in [5.41, 5.74) is 6.25. The zero-order valence-electron chi connectivity index (χ0n) is 10.0. The van der Waals surface area contributed by atoms with Gasteiger partial charge in [-0.15, -0.1) is 11.3 Å². The molecule has 4 heteroatoms. The Bertz CT molecular complexity index is 493. The van der Waals surface area contributed by atoms with Crippen LogP contribution >= 0.6 is 11.3 Å². The van der Waals surface area contributed by atoms with Gasteiger partial charge in [0.25, 0.3) is 5.91 Å². The Balaban J connectivity index is 1.98. The molecule has 1 unspecified atom stereocenters. The van der Waals surface area contributed by atoms with Crippen LogP contribution in [0.2, 0.25) is 0 Å². The third-order valence-electron chi connectivity index (χ3n) is 2.99. The first-order valence-electron chi connectivity index (χ1n) is 5.61. The van der Waals surface area contributed by atoms with Gasteiger partial charge in [-0.25, -0.2) is 0 Å². The van der Waals surface area contributed by atoms with E-state index in [1.54, 1.807) is 0 Å². The highest BCUT2D eigenvalue weighted by molar-refractivity contribution is 7.10. The lowest BCUT2D eigenvalue weighted by atomic mass is 10.2. The minimum atomic E-state index is -0.00220. The number of nitrogens with one attached hydrogen (secondary N) is 1. The number of amides is 1. The third kappa shape index (κ3) is 2.87. The fraction of sp³-hybridized carbons (Fsp3) is 0.462. The van der Waals surface area contributed by atoms with E-state index in [-0.39, 0.29) is 11.3 Å². The monoisotopic (exact) mass is 248 g/mol. The van der Waals surface area contributed by atoms with Gasteiger partial charge in [-0.1, -0.05) is 25.7 Å². The second kappa shape index (κ2) is 4.52. The van der Waals surface area contributed by atoms with Gasteiger partial charge in [0.15, 0.2) is 0 Å². The number of rotatable bonds is 2. The Morgan fingerprint density at radius 3 is 3.00 bits per heavy atom. The van der Waals surface area contributed by atoms with Crippen molar-refractivity contribution in [3.05, 3.63) is 21.9 Å². The van der Waals surface area contributed by atoms with Gasteiger partial charge in [-0.05, 0) is 17.9 Å². The summed E-state index contributed by atoms with van der Waals surface area (Å²) in [6, 6.07) is 2.13. The average molecular weight is 248 g/mol. The predicted octanol–water partition coefficient (Wildman–Crippen LogP) is 1.59. The summed E-state index contributed by atoms with van der Waals surface area (Å²) < 4.78 is 0. The van der Waals surface area contributed by atoms with Crippen molar-refractivity contribution >= 4 is 17.2 Å². The van der Waals surface area contributed by atoms with E-state index in [9.17, 15) is 4.79 Å². The Hall–Kier alpha value is -1.31. The Morgan fingerprint density at radius 2 is 2.41 bits per heavy atom. The van der Waals surface area contributed by atoms with Gasteiger partial charge in [-0.2, -0.15) is 0 Å². The molecule has 0 spiro atoms. The molecule has 90 valence electrons. The lowest BCUT2D eigenvalue weighted by Crippen LogP contribution is -2.27. The molecule has 1 amide bonds. The van der Waals surface area contributed by atoms with Crippen molar-refractivity contribution in [2.45, 2.75) is 26.3 Å². The summed E-state index contributed by atoms with van der Waals surface area (Å²) in [5, 5.41) is 4.86. The maximum atomic E-state index is 11.9. The lowest BCUT2D eigenvalue weighted by Gasteiger charge is -2.04. The van der Waals surface area contributed by atoms with Crippen molar-refractivity contribution in [3.8, 4) is 11.8 Å². The molecule has 1 heterocycles. The van der Waals surface area contributed by atoms with Crippen LogP contribution in [0.25, 0.3) is 0 Å².